The van der Waals surface area contributed by atoms with E-state index in [9.17, 15) is 4.79 Å². The molecule has 6 heteroatoms. The van der Waals surface area contributed by atoms with Crippen molar-refractivity contribution in [3.8, 4) is 6.07 Å². The predicted molar refractivity (Wildman–Crippen MR) is 107 cm³/mol. The van der Waals surface area contributed by atoms with Crippen LogP contribution in [0.5, 0.6) is 0 Å². The summed E-state index contributed by atoms with van der Waals surface area (Å²) >= 11 is 1.51. The number of thiazole rings is 1. The Kier molecular flexibility index (Phi) is 5.84. The number of nitrogens with zero attached hydrogens (tertiary/aromatic N) is 3. The van der Waals surface area contributed by atoms with Crippen LogP contribution in [0.4, 0.5) is 0 Å². The number of fused-ring (bicyclic) bond motifs is 1. The standard InChI is InChI=1S/C21H21N3O2S/c1-4-26-10-9-24-19-15(3)11-14(2)12-18(19)27-21(24)23-20(25)17-7-5-16(13-22)6-8-17/h5-8,11-12H,4,9-10H2,1-3H3. The molecule has 0 atom stereocenters. The fourth-order valence-electron chi connectivity index (χ4n) is 3.02. The van der Waals surface area contributed by atoms with Gasteiger partial charge in [-0.05, 0) is 62.2 Å². The molecule has 1 heterocycles. The van der Waals surface area contributed by atoms with Crippen molar-refractivity contribution >= 4 is 27.5 Å². The average molecular weight is 379 g/mol. The van der Waals surface area contributed by atoms with Gasteiger partial charge in [0.05, 0.1) is 28.5 Å². The molecule has 3 rings (SSSR count). The lowest BCUT2D eigenvalue weighted by molar-refractivity contribution is 0.0996. The lowest BCUT2D eigenvalue weighted by Gasteiger charge is -2.08. The van der Waals surface area contributed by atoms with Crippen molar-refractivity contribution in [1.29, 1.82) is 5.26 Å². The fourth-order valence-corrected chi connectivity index (χ4v) is 4.25. The summed E-state index contributed by atoms with van der Waals surface area (Å²) < 4.78 is 8.68. The van der Waals surface area contributed by atoms with Crippen LogP contribution in [0, 0.1) is 25.2 Å². The smallest absolute Gasteiger partial charge is 0.279 e. The third-order valence-corrected chi connectivity index (χ3v) is 5.26. The van der Waals surface area contributed by atoms with Crippen molar-refractivity contribution < 1.29 is 9.53 Å². The molecule has 2 aromatic carbocycles. The highest BCUT2D eigenvalue weighted by Crippen LogP contribution is 2.23. The summed E-state index contributed by atoms with van der Waals surface area (Å²) in [4.78, 5) is 17.7. The first-order chi connectivity index (χ1) is 13.0. The normalized spacial score (nSPS) is 11.7. The molecule has 1 amide bonds. The van der Waals surface area contributed by atoms with Crippen LogP contribution in [0.25, 0.3) is 10.2 Å². The number of aromatic nitrogens is 1. The summed E-state index contributed by atoms with van der Waals surface area (Å²) in [6, 6.07) is 12.8. The highest BCUT2D eigenvalue weighted by molar-refractivity contribution is 7.16. The molecule has 5 nitrogen and oxygen atoms in total. The minimum atomic E-state index is -0.314. The molecule has 0 saturated carbocycles. The minimum absolute atomic E-state index is 0.314. The second-order valence-electron chi connectivity index (χ2n) is 6.27. The van der Waals surface area contributed by atoms with Gasteiger partial charge >= 0.3 is 0 Å². The van der Waals surface area contributed by atoms with Crippen LogP contribution in [0.3, 0.4) is 0 Å². The highest BCUT2D eigenvalue weighted by Gasteiger charge is 2.12. The van der Waals surface area contributed by atoms with Gasteiger partial charge < -0.3 is 9.30 Å². The number of hydrogen-bond acceptors (Lipinski definition) is 4. The molecular formula is C21H21N3O2S. The molecule has 0 radical (unpaired) electrons. The molecule has 0 spiro atoms. The Morgan fingerprint density at radius 2 is 2.00 bits per heavy atom. The van der Waals surface area contributed by atoms with Crippen LogP contribution in [0.2, 0.25) is 0 Å². The number of nitriles is 1. The topological polar surface area (TPSA) is 67.4 Å². The molecule has 0 aliphatic rings. The Morgan fingerprint density at radius 3 is 2.67 bits per heavy atom. The van der Waals surface area contributed by atoms with Crippen molar-refractivity contribution in [2.45, 2.75) is 27.3 Å². The molecule has 27 heavy (non-hydrogen) atoms. The summed E-state index contributed by atoms with van der Waals surface area (Å²) in [5.41, 5.74) is 4.42. The Morgan fingerprint density at radius 1 is 1.26 bits per heavy atom. The van der Waals surface area contributed by atoms with Gasteiger partial charge in [0.1, 0.15) is 0 Å². The molecule has 3 aromatic rings. The monoisotopic (exact) mass is 379 g/mol. The Labute approximate surface area is 162 Å². The van der Waals surface area contributed by atoms with Gasteiger partial charge in [-0.25, -0.2) is 0 Å². The SMILES string of the molecule is CCOCCn1c(=NC(=O)c2ccc(C#N)cc2)sc2cc(C)cc(C)c21. The highest BCUT2D eigenvalue weighted by atomic mass is 32.1. The van der Waals surface area contributed by atoms with Crippen molar-refractivity contribution in [3.05, 3.63) is 63.5 Å². The molecule has 0 aliphatic heterocycles. The molecule has 0 saturated heterocycles. The molecule has 0 fully saturated rings. The lowest BCUT2D eigenvalue weighted by Crippen LogP contribution is -2.20. The second-order valence-corrected chi connectivity index (χ2v) is 7.28. The first-order valence-electron chi connectivity index (χ1n) is 8.81. The van der Waals surface area contributed by atoms with Crippen LogP contribution in [-0.4, -0.2) is 23.7 Å². The van der Waals surface area contributed by atoms with E-state index in [-0.39, 0.29) is 5.91 Å². The van der Waals surface area contributed by atoms with E-state index < -0.39 is 0 Å². The van der Waals surface area contributed by atoms with Gasteiger partial charge in [-0.2, -0.15) is 10.3 Å². The molecule has 0 bridgehead atoms. The maximum atomic E-state index is 12.6. The van der Waals surface area contributed by atoms with E-state index in [1.54, 1.807) is 24.3 Å². The largest absolute Gasteiger partial charge is 0.380 e. The van der Waals surface area contributed by atoms with Gasteiger partial charge in [0.2, 0.25) is 0 Å². The van der Waals surface area contributed by atoms with E-state index in [2.05, 4.69) is 41.6 Å². The number of amides is 1. The number of ether oxygens (including phenoxy) is 1. The molecule has 1 aromatic heterocycles. The summed E-state index contributed by atoms with van der Waals surface area (Å²) in [5, 5.41) is 8.90. The average Bonchev–Trinajstić information content (AvgIpc) is 2.99. The van der Waals surface area contributed by atoms with Crippen LogP contribution < -0.4 is 4.80 Å². The number of benzene rings is 2. The van der Waals surface area contributed by atoms with Gasteiger partial charge in [-0.15, -0.1) is 0 Å². The number of hydrogen-bond donors (Lipinski definition) is 0. The van der Waals surface area contributed by atoms with Crippen molar-refractivity contribution in [2.75, 3.05) is 13.2 Å². The van der Waals surface area contributed by atoms with E-state index in [1.165, 1.54) is 16.9 Å². The first-order valence-corrected chi connectivity index (χ1v) is 9.62. The van der Waals surface area contributed by atoms with Gasteiger partial charge in [-0.3, -0.25) is 4.79 Å². The van der Waals surface area contributed by atoms with E-state index in [4.69, 9.17) is 10.00 Å². The zero-order valence-electron chi connectivity index (χ0n) is 15.7. The van der Waals surface area contributed by atoms with E-state index >= 15 is 0 Å². The maximum Gasteiger partial charge on any atom is 0.279 e. The predicted octanol–water partition coefficient (Wildman–Crippen LogP) is 3.97. The Hall–Kier alpha value is -2.75. The van der Waals surface area contributed by atoms with Gasteiger partial charge in [-0.1, -0.05) is 17.4 Å². The fraction of sp³-hybridized carbons (Fsp3) is 0.286. The molecular weight excluding hydrogens is 358 g/mol. The number of carbonyl (C=O) groups is 1. The summed E-state index contributed by atoms with van der Waals surface area (Å²) in [6.07, 6.45) is 0. The zero-order valence-corrected chi connectivity index (χ0v) is 16.5. The minimum Gasteiger partial charge on any atom is -0.380 e. The van der Waals surface area contributed by atoms with Crippen LogP contribution >= 0.6 is 11.3 Å². The van der Waals surface area contributed by atoms with Crippen LogP contribution in [0.15, 0.2) is 41.4 Å². The van der Waals surface area contributed by atoms with Gasteiger partial charge in [0, 0.05) is 18.7 Å². The van der Waals surface area contributed by atoms with Gasteiger partial charge in [0.15, 0.2) is 4.80 Å². The van der Waals surface area contributed by atoms with E-state index in [0.29, 0.717) is 35.7 Å². The molecule has 0 unspecified atom stereocenters. The summed E-state index contributed by atoms with van der Waals surface area (Å²) in [7, 11) is 0. The number of rotatable bonds is 5. The summed E-state index contributed by atoms with van der Waals surface area (Å²) in [6.45, 7) is 7.95. The van der Waals surface area contributed by atoms with Crippen molar-refractivity contribution in [2.24, 2.45) is 4.99 Å². The Balaban J connectivity index is 2.09. The quantitative estimate of drug-likeness (QED) is 0.630. The molecule has 138 valence electrons. The number of aryl methyl sites for hydroxylation is 2. The second kappa shape index (κ2) is 8.30. The van der Waals surface area contributed by atoms with Crippen LogP contribution in [0.1, 0.15) is 34.0 Å². The summed E-state index contributed by atoms with van der Waals surface area (Å²) in [5.74, 6) is -0.314. The maximum absolute atomic E-state index is 12.6. The van der Waals surface area contributed by atoms with Crippen LogP contribution in [-0.2, 0) is 11.3 Å². The van der Waals surface area contributed by atoms with Gasteiger partial charge in [0.25, 0.3) is 5.91 Å². The number of carbonyl (C=O) groups excluding carboxylic acids is 1. The van der Waals surface area contributed by atoms with Crippen molar-refractivity contribution in [3.63, 3.8) is 0 Å². The zero-order chi connectivity index (χ0) is 19.4. The lowest BCUT2D eigenvalue weighted by atomic mass is 10.1. The first kappa shape index (κ1) is 19.0. The third kappa shape index (κ3) is 4.16. The van der Waals surface area contributed by atoms with E-state index in [1.807, 2.05) is 6.92 Å². The van der Waals surface area contributed by atoms with Crippen molar-refractivity contribution in [1.82, 2.24) is 4.57 Å². The molecule has 0 N–H and O–H groups in total. The van der Waals surface area contributed by atoms with E-state index in [0.717, 1.165) is 15.8 Å². The Bertz CT molecular complexity index is 1090. The molecule has 0 aliphatic carbocycles. The third-order valence-electron chi connectivity index (χ3n) is 4.23.